The van der Waals surface area contributed by atoms with Crippen LogP contribution >= 0.6 is 54.5 Å². The maximum atomic E-state index is 4.04. The van der Waals surface area contributed by atoms with Gasteiger partial charge in [0.1, 0.15) is 0 Å². The number of hydrogen-bond acceptors (Lipinski definition) is 2. The first-order chi connectivity index (χ1) is 24.7. The quantitative estimate of drug-likeness (QED) is 0.153. The molecule has 2 aromatic heterocycles. The molecule has 9 aromatic carbocycles. The normalized spacial score (nSPS) is 12.2. The van der Waals surface area contributed by atoms with Crippen LogP contribution in [0.15, 0.2) is 153 Å². The van der Waals surface area contributed by atoms with Crippen LogP contribution in [0.5, 0.6) is 0 Å². The van der Waals surface area contributed by atoms with Crippen LogP contribution in [0.25, 0.3) is 107 Å². The summed E-state index contributed by atoms with van der Waals surface area (Å²) in [7, 11) is 0. The fraction of sp³-hybridized carbons (Fsp3) is 0. The molecule has 0 radical (unpaired) electrons. The van der Waals surface area contributed by atoms with Gasteiger partial charge >= 0.3 is 0 Å². The standard InChI is InChI=1S/C46H24Br2S2/c47-45-31-13-5-1-9-27(31)41(28-10-2-6-14-32(28)45)43-35-21-25-17-19-49-39(25)23-37(35)44(38-24-40-26(18-20-50-40)22-36(38)43)42-29-11-3-7-15-33(29)46(48)34-16-8-4-12-30(34)42/h1-24H. The summed E-state index contributed by atoms with van der Waals surface area (Å²) in [5, 5.41) is 22.1. The fourth-order valence-electron chi connectivity index (χ4n) is 8.36. The van der Waals surface area contributed by atoms with Crippen molar-refractivity contribution in [1.82, 2.24) is 0 Å². The van der Waals surface area contributed by atoms with E-state index >= 15 is 0 Å². The molecule has 4 heteroatoms. The summed E-state index contributed by atoms with van der Waals surface area (Å²) in [6.45, 7) is 0. The number of halogens is 2. The van der Waals surface area contributed by atoms with Crippen molar-refractivity contribution in [3.05, 3.63) is 153 Å². The molecule has 0 bridgehead atoms. The van der Waals surface area contributed by atoms with Crippen LogP contribution in [0.4, 0.5) is 0 Å². The molecule has 0 spiro atoms. The van der Waals surface area contributed by atoms with Crippen molar-refractivity contribution in [3.8, 4) is 22.3 Å². The highest BCUT2D eigenvalue weighted by molar-refractivity contribution is 9.11. The molecule has 0 amide bonds. The molecule has 0 fully saturated rings. The number of hydrogen-bond donors (Lipinski definition) is 0. The van der Waals surface area contributed by atoms with Gasteiger partial charge in [-0.15, -0.1) is 22.7 Å². The van der Waals surface area contributed by atoms with Gasteiger partial charge in [0.15, 0.2) is 0 Å². The maximum Gasteiger partial charge on any atom is 0.0349 e. The SMILES string of the molecule is Brc1c2ccccc2c(-c2c3cc4ccsc4cc3c(-c3c4ccccc4c(Br)c4ccccc34)c3cc4sccc4cc23)c2ccccc12. The Balaban J connectivity index is 1.47. The van der Waals surface area contributed by atoms with E-state index < -0.39 is 0 Å². The van der Waals surface area contributed by atoms with Crippen LogP contribution < -0.4 is 0 Å². The van der Waals surface area contributed by atoms with Crippen molar-refractivity contribution < 1.29 is 0 Å². The van der Waals surface area contributed by atoms with Crippen molar-refractivity contribution in [2.45, 2.75) is 0 Å². The summed E-state index contributed by atoms with van der Waals surface area (Å²) in [5.74, 6) is 0. The molecule has 50 heavy (non-hydrogen) atoms. The van der Waals surface area contributed by atoms with Gasteiger partial charge in [0, 0.05) is 18.3 Å². The lowest BCUT2D eigenvalue weighted by molar-refractivity contribution is 1.71. The molecular weight excluding hydrogens is 776 g/mol. The van der Waals surface area contributed by atoms with E-state index in [-0.39, 0.29) is 0 Å². The minimum Gasteiger partial charge on any atom is -0.144 e. The van der Waals surface area contributed by atoms with Gasteiger partial charge in [-0.3, -0.25) is 0 Å². The molecule has 234 valence electrons. The van der Waals surface area contributed by atoms with E-state index in [0.29, 0.717) is 0 Å². The Morgan fingerprint density at radius 1 is 0.300 bits per heavy atom. The predicted octanol–water partition coefficient (Wildman–Crippen LogP) is 15.9. The highest BCUT2D eigenvalue weighted by atomic mass is 79.9. The van der Waals surface area contributed by atoms with E-state index in [9.17, 15) is 0 Å². The fourth-order valence-corrected chi connectivity index (χ4v) is 11.4. The first-order valence-electron chi connectivity index (χ1n) is 16.6. The third-order valence-corrected chi connectivity index (χ3v) is 14.0. The number of rotatable bonds is 2. The Bertz CT molecular complexity index is 2820. The van der Waals surface area contributed by atoms with Crippen molar-refractivity contribution in [1.29, 1.82) is 0 Å². The van der Waals surface area contributed by atoms with Gasteiger partial charge in [-0.25, -0.2) is 0 Å². The van der Waals surface area contributed by atoms with Gasteiger partial charge in [-0.05, 0) is 177 Å². The van der Waals surface area contributed by atoms with Crippen LogP contribution in [0.1, 0.15) is 0 Å². The van der Waals surface area contributed by atoms with Gasteiger partial charge in [-0.2, -0.15) is 0 Å². The summed E-state index contributed by atoms with van der Waals surface area (Å²) < 4.78 is 4.90. The van der Waals surface area contributed by atoms with E-state index in [2.05, 4.69) is 176 Å². The minimum absolute atomic E-state index is 1.14. The largest absolute Gasteiger partial charge is 0.144 e. The molecule has 0 saturated heterocycles. The third kappa shape index (κ3) is 4.02. The molecule has 11 rings (SSSR count). The predicted molar refractivity (Wildman–Crippen MR) is 229 cm³/mol. The Morgan fingerprint density at radius 3 is 0.920 bits per heavy atom. The van der Waals surface area contributed by atoms with Crippen molar-refractivity contribution >= 4 is 139 Å². The second kappa shape index (κ2) is 11.0. The molecule has 0 N–H and O–H groups in total. The van der Waals surface area contributed by atoms with Gasteiger partial charge in [0.2, 0.25) is 0 Å². The van der Waals surface area contributed by atoms with Crippen LogP contribution in [0, 0.1) is 0 Å². The zero-order valence-corrected chi connectivity index (χ0v) is 31.2. The maximum absolute atomic E-state index is 4.04. The number of fused-ring (bicyclic) bond motifs is 8. The van der Waals surface area contributed by atoms with Crippen LogP contribution in [-0.2, 0) is 0 Å². The highest BCUT2D eigenvalue weighted by Gasteiger charge is 2.25. The number of thiophene rings is 2. The van der Waals surface area contributed by atoms with Crippen LogP contribution in [0.2, 0.25) is 0 Å². The average molecular weight is 801 g/mol. The first kappa shape index (κ1) is 29.2. The lowest BCUT2D eigenvalue weighted by Gasteiger charge is -2.23. The van der Waals surface area contributed by atoms with E-state index in [1.807, 2.05) is 22.7 Å². The summed E-state index contributed by atoms with van der Waals surface area (Å²) in [6.07, 6.45) is 0. The zero-order valence-electron chi connectivity index (χ0n) is 26.4. The molecule has 0 unspecified atom stereocenters. The van der Waals surface area contributed by atoms with Gasteiger partial charge < -0.3 is 0 Å². The minimum atomic E-state index is 1.14. The van der Waals surface area contributed by atoms with Crippen molar-refractivity contribution in [2.24, 2.45) is 0 Å². The van der Waals surface area contributed by atoms with E-state index in [0.717, 1.165) is 8.95 Å². The summed E-state index contributed by atoms with van der Waals surface area (Å²) in [6, 6.07) is 50.0. The van der Waals surface area contributed by atoms with E-state index in [1.54, 1.807) is 0 Å². The smallest absolute Gasteiger partial charge is 0.0349 e. The highest BCUT2D eigenvalue weighted by Crippen LogP contribution is 2.53. The molecule has 0 aliphatic heterocycles. The molecule has 0 nitrogen and oxygen atoms in total. The molecule has 0 atom stereocenters. The monoisotopic (exact) mass is 798 g/mol. The third-order valence-electron chi connectivity index (χ3n) is 10.5. The molecule has 0 aliphatic carbocycles. The summed E-state index contributed by atoms with van der Waals surface area (Å²) in [4.78, 5) is 0. The van der Waals surface area contributed by atoms with E-state index in [4.69, 9.17) is 0 Å². The van der Waals surface area contributed by atoms with Crippen molar-refractivity contribution in [2.75, 3.05) is 0 Å². The molecule has 11 aromatic rings. The van der Waals surface area contributed by atoms with Gasteiger partial charge in [0.05, 0.1) is 0 Å². The second-order valence-electron chi connectivity index (χ2n) is 13.0. The number of benzene rings is 9. The topological polar surface area (TPSA) is 0 Å². The van der Waals surface area contributed by atoms with Crippen LogP contribution in [-0.4, -0.2) is 0 Å². The van der Waals surface area contributed by atoms with Crippen molar-refractivity contribution in [3.63, 3.8) is 0 Å². The molecule has 0 aliphatic rings. The summed E-state index contributed by atoms with van der Waals surface area (Å²) in [5.41, 5.74) is 5.18. The van der Waals surface area contributed by atoms with Gasteiger partial charge in [0.25, 0.3) is 0 Å². The molecule has 2 heterocycles. The lowest BCUT2D eigenvalue weighted by Crippen LogP contribution is -1.95. The average Bonchev–Trinajstić information content (AvgIpc) is 3.83. The Hall–Kier alpha value is -4.58. The van der Waals surface area contributed by atoms with Crippen LogP contribution in [0.3, 0.4) is 0 Å². The Kier molecular flexibility index (Phi) is 6.39. The molecule has 0 saturated carbocycles. The Labute approximate surface area is 312 Å². The van der Waals surface area contributed by atoms with E-state index in [1.165, 1.54) is 107 Å². The van der Waals surface area contributed by atoms with Gasteiger partial charge in [-0.1, -0.05) is 97.1 Å². The molecular formula is C46H24Br2S2. The zero-order chi connectivity index (χ0) is 33.1. The lowest BCUT2D eigenvalue weighted by atomic mass is 9.80. The summed E-state index contributed by atoms with van der Waals surface area (Å²) >= 11 is 11.7. The second-order valence-corrected chi connectivity index (χ2v) is 16.5. The Morgan fingerprint density at radius 2 is 0.580 bits per heavy atom. The first-order valence-corrected chi connectivity index (χ1v) is 20.0.